The Bertz CT molecular complexity index is 1130. The van der Waals surface area contributed by atoms with Crippen molar-refractivity contribution in [1.29, 1.82) is 0 Å². The topological polar surface area (TPSA) is 59.8 Å². The van der Waals surface area contributed by atoms with Crippen LogP contribution in [0.25, 0.3) is 11.0 Å². The van der Waals surface area contributed by atoms with E-state index in [4.69, 9.17) is 9.15 Å². The lowest BCUT2D eigenvalue weighted by Gasteiger charge is -2.23. The van der Waals surface area contributed by atoms with Crippen molar-refractivity contribution in [2.75, 3.05) is 7.11 Å². The summed E-state index contributed by atoms with van der Waals surface area (Å²) in [6.45, 7) is 4.59. The number of amides is 1. The van der Waals surface area contributed by atoms with Crippen LogP contribution >= 0.6 is 0 Å². The molecular weight excluding hydrogens is 378 g/mol. The normalized spacial score (nSPS) is 13.4. The molecule has 2 aromatic carbocycles. The van der Waals surface area contributed by atoms with E-state index < -0.39 is 0 Å². The molecule has 4 rings (SSSR count). The fourth-order valence-electron chi connectivity index (χ4n) is 3.86. The molecule has 30 heavy (non-hydrogen) atoms. The Kier molecular flexibility index (Phi) is 5.62. The number of carbonyl (C=O) groups excluding carboxylic acids is 1. The molecule has 5 nitrogen and oxygen atoms in total. The smallest absolute Gasteiger partial charge is 0.339 e. The van der Waals surface area contributed by atoms with E-state index in [2.05, 4.69) is 31.2 Å². The Morgan fingerprint density at radius 1 is 1.13 bits per heavy atom. The summed E-state index contributed by atoms with van der Waals surface area (Å²) in [5.41, 5.74) is 3.92. The van der Waals surface area contributed by atoms with Crippen molar-refractivity contribution in [2.45, 2.75) is 52.1 Å². The minimum Gasteiger partial charge on any atom is -0.497 e. The van der Waals surface area contributed by atoms with E-state index in [0.717, 1.165) is 29.4 Å². The van der Waals surface area contributed by atoms with E-state index >= 15 is 0 Å². The molecule has 3 aromatic rings. The number of ether oxygens (including phenoxy) is 1. The molecule has 1 heterocycles. The van der Waals surface area contributed by atoms with Crippen LogP contribution in [0.5, 0.6) is 5.75 Å². The zero-order valence-corrected chi connectivity index (χ0v) is 17.7. The molecule has 0 unspecified atom stereocenters. The Morgan fingerprint density at radius 2 is 1.87 bits per heavy atom. The molecule has 1 saturated carbocycles. The summed E-state index contributed by atoms with van der Waals surface area (Å²) in [6, 6.07) is 14.1. The Morgan fingerprint density at radius 3 is 2.53 bits per heavy atom. The van der Waals surface area contributed by atoms with Crippen LogP contribution in [0, 0.1) is 13.8 Å². The van der Waals surface area contributed by atoms with Gasteiger partial charge in [-0.05, 0) is 56.4 Å². The number of hydrogen-bond acceptors (Lipinski definition) is 4. The van der Waals surface area contributed by atoms with Crippen LogP contribution in [0.3, 0.4) is 0 Å². The monoisotopic (exact) mass is 405 g/mol. The fraction of sp³-hybridized carbons (Fsp3) is 0.360. The van der Waals surface area contributed by atoms with E-state index in [-0.39, 0.29) is 11.5 Å². The highest BCUT2D eigenvalue weighted by Crippen LogP contribution is 2.30. The minimum absolute atomic E-state index is 0.0895. The summed E-state index contributed by atoms with van der Waals surface area (Å²) < 4.78 is 10.7. The first-order valence-corrected chi connectivity index (χ1v) is 10.4. The van der Waals surface area contributed by atoms with Gasteiger partial charge in [0.05, 0.1) is 7.11 Å². The molecule has 0 atom stereocenters. The molecule has 0 N–H and O–H groups in total. The van der Waals surface area contributed by atoms with Gasteiger partial charge in [0.15, 0.2) is 0 Å². The van der Waals surface area contributed by atoms with Gasteiger partial charge in [0.2, 0.25) is 5.91 Å². The number of benzene rings is 2. The van der Waals surface area contributed by atoms with Crippen molar-refractivity contribution in [1.82, 2.24) is 4.90 Å². The molecule has 5 heteroatoms. The fourth-order valence-corrected chi connectivity index (χ4v) is 3.86. The van der Waals surface area contributed by atoms with Crippen LogP contribution in [-0.2, 0) is 17.8 Å². The van der Waals surface area contributed by atoms with Crippen molar-refractivity contribution in [2.24, 2.45) is 0 Å². The van der Waals surface area contributed by atoms with Gasteiger partial charge in [-0.2, -0.15) is 0 Å². The lowest BCUT2D eigenvalue weighted by Crippen LogP contribution is -2.33. The summed E-state index contributed by atoms with van der Waals surface area (Å²) in [5, 5.41) is 0.872. The van der Waals surface area contributed by atoms with E-state index in [0.29, 0.717) is 42.3 Å². The third-order valence-corrected chi connectivity index (χ3v) is 5.86. The number of hydrogen-bond donors (Lipinski definition) is 0. The zero-order chi connectivity index (χ0) is 21.3. The summed E-state index contributed by atoms with van der Waals surface area (Å²) >= 11 is 0. The van der Waals surface area contributed by atoms with Crippen molar-refractivity contribution in [3.63, 3.8) is 0 Å². The Labute approximate surface area is 176 Å². The van der Waals surface area contributed by atoms with Crippen LogP contribution in [0.2, 0.25) is 0 Å². The van der Waals surface area contributed by atoms with Gasteiger partial charge in [-0.25, -0.2) is 4.79 Å². The second-order valence-electron chi connectivity index (χ2n) is 8.09. The lowest BCUT2D eigenvalue weighted by atomic mass is 10.0. The van der Waals surface area contributed by atoms with Gasteiger partial charge < -0.3 is 14.1 Å². The number of carbonyl (C=O) groups is 1. The van der Waals surface area contributed by atoms with E-state index in [1.165, 1.54) is 5.56 Å². The van der Waals surface area contributed by atoms with Gasteiger partial charge in [-0.1, -0.05) is 29.8 Å². The van der Waals surface area contributed by atoms with Gasteiger partial charge in [0, 0.05) is 36.0 Å². The summed E-state index contributed by atoms with van der Waals surface area (Å²) in [5.74, 6) is 0.732. The molecule has 1 fully saturated rings. The Balaban J connectivity index is 1.51. The van der Waals surface area contributed by atoms with Crippen molar-refractivity contribution >= 4 is 16.9 Å². The van der Waals surface area contributed by atoms with Crippen LogP contribution in [0.1, 0.15) is 41.5 Å². The number of nitrogens with zero attached hydrogens (tertiary/aromatic N) is 1. The van der Waals surface area contributed by atoms with Gasteiger partial charge in [-0.15, -0.1) is 0 Å². The maximum atomic E-state index is 13.0. The van der Waals surface area contributed by atoms with E-state index in [9.17, 15) is 9.59 Å². The highest BCUT2D eigenvalue weighted by Gasteiger charge is 2.32. The predicted octanol–water partition coefficient (Wildman–Crippen LogP) is 4.54. The number of rotatable bonds is 7. The second kappa shape index (κ2) is 8.34. The van der Waals surface area contributed by atoms with E-state index in [1.807, 2.05) is 24.0 Å². The van der Waals surface area contributed by atoms with Crippen LogP contribution in [0.15, 0.2) is 51.7 Å². The average molecular weight is 405 g/mol. The van der Waals surface area contributed by atoms with Crippen LogP contribution < -0.4 is 10.4 Å². The zero-order valence-electron chi connectivity index (χ0n) is 17.7. The SMILES string of the molecule is COc1ccc2c(C)c(CCC(=O)N(Cc3ccc(C)cc3)C3CC3)c(=O)oc2c1. The molecule has 0 radical (unpaired) electrons. The maximum Gasteiger partial charge on any atom is 0.339 e. The van der Waals surface area contributed by atoms with Gasteiger partial charge in [0.1, 0.15) is 11.3 Å². The quantitative estimate of drug-likeness (QED) is 0.542. The number of aryl methyl sites for hydroxylation is 2. The van der Waals surface area contributed by atoms with Crippen molar-refractivity contribution in [3.05, 3.63) is 75.1 Å². The third-order valence-electron chi connectivity index (χ3n) is 5.86. The molecule has 1 aliphatic rings. The van der Waals surface area contributed by atoms with Crippen molar-refractivity contribution < 1.29 is 13.9 Å². The molecule has 0 spiro atoms. The van der Waals surface area contributed by atoms with Gasteiger partial charge in [-0.3, -0.25) is 4.79 Å². The minimum atomic E-state index is -0.377. The molecule has 1 aromatic heterocycles. The predicted molar refractivity (Wildman–Crippen MR) is 117 cm³/mol. The first-order chi connectivity index (χ1) is 14.5. The highest BCUT2D eigenvalue weighted by molar-refractivity contribution is 5.83. The standard InChI is InChI=1S/C25H27NO4/c1-16-4-6-18(7-5-16)15-26(19-8-9-19)24(27)13-12-22-17(2)21-11-10-20(29-3)14-23(21)30-25(22)28/h4-7,10-11,14,19H,8-9,12-13,15H2,1-3H3. The number of fused-ring (bicyclic) bond motifs is 1. The first kappa shape index (κ1) is 20.2. The summed E-state index contributed by atoms with van der Waals surface area (Å²) in [7, 11) is 1.58. The third kappa shape index (κ3) is 4.25. The molecule has 0 bridgehead atoms. The summed E-state index contributed by atoms with van der Waals surface area (Å²) in [4.78, 5) is 27.6. The highest BCUT2D eigenvalue weighted by atomic mass is 16.5. The van der Waals surface area contributed by atoms with Gasteiger partial charge in [0.25, 0.3) is 0 Å². The molecule has 0 saturated heterocycles. The second-order valence-corrected chi connectivity index (χ2v) is 8.09. The summed E-state index contributed by atoms with van der Waals surface area (Å²) in [6.07, 6.45) is 2.79. The van der Waals surface area contributed by atoms with Crippen LogP contribution in [0.4, 0.5) is 0 Å². The van der Waals surface area contributed by atoms with E-state index in [1.54, 1.807) is 13.2 Å². The van der Waals surface area contributed by atoms with Crippen LogP contribution in [-0.4, -0.2) is 24.0 Å². The van der Waals surface area contributed by atoms with Crippen molar-refractivity contribution in [3.8, 4) is 5.75 Å². The lowest BCUT2D eigenvalue weighted by molar-refractivity contribution is -0.132. The maximum absolute atomic E-state index is 13.0. The first-order valence-electron chi connectivity index (χ1n) is 10.4. The molecule has 1 amide bonds. The number of methoxy groups -OCH3 is 1. The molecule has 0 aliphatic heterocycles. The average Bonchev–Trinajstić information content (AvgIpc) is 3.57. The Hall–Kier alpha value is -3.08. The molecule has 1 aliphatic carbocycles. The molecular formula is C25H27NO4. The van der Waals surface area contributed by atoms with Gasteiger partial charge >= 0.3 is 5.63 Å². The molecule has 156 valence electrons. The largest absolute Gasteiger partial charge is 0.497 e.